The molecule has 168 valence electrons. The minimum atomic E-state index is -4.63. The van der Waals surface area contributed by atoms with Crippen LogP contribution in [-0.2, 0) is 21.8 Å². The summed E-state index contributed by atoms with van der Waals surface area (Å²) in [5.41, 5.74) is 3.12. The summed E-state index contributed by atoms with van der Waals surface area (Å²) in [5.74, 6) is -0.538. The fourth-order valence-corrected chi connectivity index (χ4v) is 5.22. The number of allylic oxidation sites excluding steroid dienone is 4. The number of sulfone groups is 1. The summed E-state index contributed by atoms with van der Waals surface area (Å²) in [4.78, 5) is 4.79. The number of aryl methyl sites for hydroxylation is 1. The molecule has 2 aromatic carbocycles. The van der Waals surface area contributed by atoms with Crippen molar-refractivity contribution in [2.24, 2.45) is 16.8 Å². The Labute approximate surface area is 186 Å². The predicted octanol–water partition coefficient (Wildman–Crippen LogP) is 6.29. The van der Waals surface area contributed by atoms with Gasteiger partial charge in [0.1, 0.15) is 0 Å². The van der Waals surface area contributed by atoms with Gasteiger partial charge in [0.2, 0.25) is 0 Å². The Balaban J connectivity index is 2.07. The summed E-state index contributed by atoms with van der Waals surface area (Å²) in [5, 5.41) is 0. The molecule has 2 unspecified atom stereocenters. The quantitative estimate of drug-likeness (QED) is 0.542. The van der Waals surface area contributed by atoms with Gasteiger partial charge in [-0.3, -0.25) is 0 Å². The fraction of sp³-hybridized carbons (Fsp3) is 0.320. The molecular weight excluding hydrogens is 435 g/mol. The van der Waals surface area contributed by atoms with Crippen molar-refractivity contribution in [2.45, 2.75) is 32.7 Å². The highest BCUT2D eigenvalue weighted by molar-refractivity contribution is 7.89. The van der Waals surface area contributed by atoms with Crippen molar-refractivity contribution in [3.8, 4) is 0 Å². The van der Waals surface area contributed by atoms with E-state index in [9.17, 15) is 21.6 Å². The lowest BCUT2D eigenvalue weighted by molar-refractivity contribution is -0.137. The number of hydrogen-bond donors (Lipinski definition) is 0. The molecule has 0 N–H and O–H groups in total. The van der Waals surface area contributed by atoms with E-state index in [1.165, 1.54) is 0 Å². The third-order valence-corrected chi connectivity index (χ3v) is 7.02. The van der Waals surface area contributed by atoms with Crippen molar-refractivity contribution in [3.05, 3.63) is 81.9 Å². The molecule has 0 radical (unpaired) electrons. The SMILES string of the molecule is Cc1ccccc1N=C1C2=C(c3c1cc(CS(C)(=O)=O)cc3C(F)(F)F)C(C)C(C)C=C2. The zero-order valence-corrected chi connectivity index (χ0v) is 19.1. The van der Waals surface area contributed by atoms with E-state index in [0.29, 0.717) is 28.1 Å². The highest BCUT2D eigenvalue weighted by Crippen LogP contribution is 2.50. The average Bonchev–Trinajstić information content (AvgIpc) is 2.98. The maximum absolute atomic E-state index is 14.2. The highest BCUT2D eigenvalue weighted by atomic mass is 32.2. The van der Waals surface area contributed by atoms with Crippen LogP contribution in [0.15, 0.2) is 59.1 Å². The van der Waals surface area contributed by atoms with Crippen LogP contribution in [0, 0.1) is 18.8 Å². The third-order valence-electron chi connectivity index (χ3n) is 6.16. The van der Waals surface area contributed by atoms with Crippen molar-refractivity contribution in [1.29, 1.82) is 0 Å². The van der Waals surface area contributed by atoms with Gasteiger partial charge in [0.15, 0.2) is 9.84 Å². The number of rotatable bonds is 3. The first-order valence-electron chi connectivity index (χ1n) is 10.4. The van der Waals surface area contributed by atoms with E-state index in [1.54, 1.807) is 6.07 Å². The minimum Gasteiger partial charge on any atom is -0.247 e. The second kappa shape index (κ2) is 7.73. The molecule has 0 saturated heterocycles. The number of benzene rings is 2. The number of halogens is 3. The van der Waals surface area contributed by atoms with Crippen LogP contribution in [-0.4, -0.2) is 20.4 Å². The molecule has 0 bridgehead atoms. The first-order valence-corrected chi connectivity index (χ1v) is 12.4. The molecule has 0 fully saturated rings. The zero-order chi connectivity index (χ0) is 23.4. The highest BCUT2D eigenvalue weighted by Gasteiger charge is 2.42. The Kier molecular flexibility index (Phi) is 5.44. The molecule has 0 amide bonds. The smallest absolute Gasteiger partial charge is 0.247 e. The molecule has 7 heteroatoms. The number of alkyl halides is 3. The van der Waals surface area contributed by atoms with Crippen LogP contribution >= 0.6 is 0 Å². The molecule has 0 aromatic heterocycles. The standard InChI is InChI=1S/C25H24F3NO2S/c1-14-9-10-18-22(16(14)3)23-19(24(18)29-21-8-6-5-7-15(21)2)11-17(13-32(4,30)31)12-20(23)25(26,27)28/h5-12,14,16H,13H2,1-4H3. The fourth-order valence-electron chi connectivity index (χ4n) is 4.44. The van der Waals surface area contributed by atoms with Gasteiger partial charge >= 0.3 is 6.18 Å². The summed E-state index contributed by atoms with van der Waals surface area (Å²) in [7, 11) is -3.52. The summed E-state index contributed by atoms with van der Waals surface area (Å²) < 4.78 is 66.5. The topological polar surface area (TPSA) is 46.5 Å². The maximum atomic E-state index is 14.2. The van der Waals surface area contributed by atoms with Gasteiger partial charge in [-0.05, 0) is 53.7 Å². The van der Waals surface area contributed by atoms with Crippen molar-refractivity contribution < 1.29 is 21.6 Å². The van der Waals surface area contributed by atoms with E-state index in [1.807, 2.05) is 57.2 Å². The van der Waals surface area contributed by atoms with Crippen LogP contribution < -0.4 is 0 Å². The first kappa shape index (κ1) is 22.5. The molecule has 0 spiro atoms. The molecule has 0 heterocycles. The van der Waals surface area contributed by atoms with Gasteiger partial charge in [0.05, 0.1) is 22.7 Å². The molecule has 0 aliphatic heterocycles. The zero-order valence-electron chi connectivity index (χ0n) is 18.3. The monoisotopic (exact) mass is 459 g/mol. The second-order valence-electron chi connectivity index (χ2n) is 8.71. The lowest BCUT2D eigenvalue weighted by Crippen LogP contribution is -2.16. The Hall–Kier alpha value is -2.67. The molecule has 0 saturated carbocycles. The van der Waals surface area contributed by atoms with Crippen molar-refractivity contribution in [3.63, 3.8) is 0 Å². The van der Waals surface area contributed by atoms with E-state index >= 15 is 0 Å². The third kappa shape index (κ3) is 4.06. The average molecular weight is 460 g/mol. The van der Waals surface area contributed by atoms with Crippen molar-refractivity contribution in [2.75, 3.05) is 6.26 Å². The Bertz CT molecular complexity index is 1300. The van der Waals surface area contributed by atoms with Gasteiger partial charge in [-0.2, -0.15) is 13.2 Å². The Morgan fingerprint density at radius 2 is 1.78 bits per heavy atom. The second-order valence-corrected chi connectivity index (χ2v) is 10.9. The van der Waals surface area contributed by atoms with Crippen molar-refractivity contribution >= 4 is 26.8 Å². The van der Waals surface area contributed by atoms with E-state index in [0.717, 1.165) is 17.9 Å². The number of hydrogen-bond acceptors (Lipinski definition) is 3. The predicted molar refractivity (Wildman–Crippen MR) is 122 cm³/mol. The molecular formula is C25H24F3NO2S. The molecule has 2 aromatic rings. The van der Waals surface area contributed by atoms with Crippen LogP contribution in [0.4, 0.5) is 18.9 Å². The summed E-state index contributed by atoms with van der Waals surface area (Å²) >= 11 is 0. The minimum absolute atomic E-state index is 0.0659. The largest absolute Gasteiger partial charge is 0.417 e. The molecule has 2 atom stereocenters. The van der Waals surface area contributed by atoms with Crippen LogP contribution in [0.1, 0.15) is 41.7 Å². The lowest BCUT2D eigenvalue weighted by atomic mass is 9.79. The van der Waals surface area contributed by atoms with Gasteiger partial charge in [0.25, 0.3) is 0 Å². The van der Waals surface area contributed by atoms with Gasteiger partial charge in [-0.1, -0.05) is 44.2 Å². The number of fused-ring (bicyclic) bond motifs is 2. The van der Waals surface area contributed by atoms with Crippen molar-refractivity contribution in [1.82, 2.24) is 0 Å². The van der Waals surface area contributed by atoms with Gasteiger partial charge in [-0.25, -0.2) is 13.4 Å². The van der Waals surface area contributed by atoms with E-state index < -0.39 is 27.3 Å². The number of para-hydroxylation sites is 1. The molecule has 3 nitrogen and oxygen atoms in total. The number of nitrogens with zero attached hydrogens (tertiary/aromatic N) is 1. The Morgan fingerprint density at radius 1 is 1.09 bits per heavy atom. The molecule has 4 rings (SSSR count). The summed E-state index contributed by atoms with van der Waals surface area (Å²) in [6.07, 6.45) is 0.241. The number of aliphatic imine (C=N–C) groups is 1. The molecule has 2 aliphatic carbocycles. The van der Waals surface area contributed by atoms with Gasteiger partial charge < -0.3 is 0 Å². The first-order chi connectivity index (χ1) is 14.9. The van der Waals surface area contributed by atoms with Gasteiger partial charge in [-0.15, -0.1) is 0 Å². The van der Waals surface area contributed by atoms with Crippen LogP contribution in [0.2, 0.25) is 0 Å². The van der Waals surface area contributed by atoms with Crippen LogP contribution in [0.25, 0.3) is 5.57 Å². The van der Waals surface area contributed by atoms with E-state index in [-0.39, 0.29) is 23.0 Å². The van der Waals surface area contributed by atoms with E-state index in [4.69, 9.17) is 4.99 Å². The van der Waals surface area contributed by atoms with Gasteiger partial charge in [0, 0.05) is 23.0 Å². The lowest BCUT2D eigenvalue weighted by Gasteiger charge is -2.25. The normalized spacial score (nSPS) is 21.8. The van der Waals surface area contributed by atoms with Crippen LogP contribution in [0.5, 0.6) is 0 Å². The summed E-state index contributed by atoms with van der Waals surface area (Å²) in [6, 6.07) is 9.98. The maximum Gasteiger partial charge on any atom is 0.417 e. The summed E-state index contributed by atoms with van der Waals surface area (Å²) in [6.45, 7) is 5.80. The van der Waals surface area contributed by atoms with E-state index in [2.05, 4.69) is 0 Å². The Morgan fingerprint density at radius 3 is 2.41 bits per heavy atom. The molecule has 32 heavy (non-hydrogen) atoms. The molecule has 2 aliphatic rings. The van der Waals surface area contributed by atoms with Crippen LogP contribution in [0.3, 0.4) is 0 Å².